The molecule has 0 amide bonds. The summed E-state index contributed by atoms with van der Waals surface area (Å²) in [7, 11) is -3.71. The lowest BCUT2D eigenvalue weighted by molar-refractivity contribution is 0.427. The Morgan fingerprint density at radius 3 is 2.58 bits per heavy atom. The fraction of sp³-hybridized carbons (Fsp3) is 0.188. The summed E-state index contributed by atoms with van der Waals surface area (Å²) in [5, 5.41) is 4.39. The van der Waals surface area contributed by atoms with E-state index in [2.05, 4.69) is 9.88 Å². The predicted octanol–water partition coefficient (Wildman–Crippen LogP) is 4.78. The van der Waals surface area contributed by atoms with Crippen LogP contribution in [0.1, 0.15) is 16.1 Å². The molecule has 0 saturated carbocycles. The molecule has 2 heterocycles. The lowest BCUT2D eigenvalue weighted by Gasteiger charge is -2.07. The zero-order valence-corrected chi connectivity index (χ0v) is 15.6. The van der Waals surface area contributed by atoms with E-state index in [1.165, 1.54) is 11.3 Å². The number of aromatic nitrogens is 1. The van der Waals surface area contributed by atoms with Crippen LogP contribution in [0.4, 0.5) is 5.69 Å². The molecule has 3 aromatic rings. The summed E-state index contributed by atoms with van der Waals surface area (Å²) in [6.45, 7) is 5.51. The second-order valence-electron chi connectivity index (χ2n) is 5.37. The molecule has 0 aliphatic carbocycles. The van der Waals surface area contributed by atoms with Crippen molar-refractivity contribution in [1.82, 2.24) is 5.16 Å². The third-order valence-corrected chi connectivity index (χ3v) is 6.54. The summed E-state index contributed by atoms with van der Waals surface area (Å²) in [6, 6.07) is 8.19. The van der Waals surface area contributed by atoms with Crippen LogP contribution in [0, 0.1) is 20.8 Å². The topological polar surface area (TPSA) is 72.2 Å². The molecule has 24 heavy (non-hydrogen) atoms. The molecule has 5 nitrogen and oxygen atoms in total. The predicted molar refractivity (Wildman–Crippen MR) is 96.3 cm³/mol. The van der Waals surface area contributed by atoms with Crippen molar-refractivity contribution in [2.75, 3.05) is 4.72 Å². The highest BCUT2D eigenvalue weighted by Crippen LogP contribution is 2.36. The highest BCUT2D eigenvalue weighted by atomic mass is 35.5. The van der Waals surface area contributed by atoms with Gasteiger partial charge < -0.3 is 4.52 Å². The van der Waals surface area contributed by atoms with E-state index in [9.17, 15) is 8.42 Å². The second-order valence-corrected chi connectivity index (χ2v) is 8.71. The summed E-state index contributed by atoms with van der Waals surface area (Å²) in [6.07, 6.45) is 0. The van der Waals surface area contributed by atoms with E-state index < -0.39 is 10.0 Å². The van der Waals surface area contributed by atoms with Crippen LogP contribution in [-0.2, 0) is 10.0 Å². The fourth-order valence-corrected chi connectivity index (χ4v) is 5.12. The minimum Gasteiger partial charge on any atom is -0.355 e. The highest BCUT2D eigenvalue weighted by Gasteiger charge is 2.23. The maximum Gasteiger partial charge on any atom is 0.263 e. The first-order valence-corrected chi connectivity index (χ1v) is 9.78. The van der Waals surface area contributed by atoms with Crippen molar-refractivity contribution in [3.8, 4) is 10.6 Å². The Morgan fingerprint density at radius 2 is 1.96 bits per heavy atom. The van der Waals surface area contributed by atoms with E-state index in [4.69, 9.17) is 16.1 Å². The van der Waals surface area contributed by atoms with Crippen LogP contribution in [0.25, 0.3) is 10.6 Å². The zero-order chi connectivity index (χ0) is 17.5. The molecule has 126 valence electrons. The Labute approximate surface area is 149 Å². The number of thiophene rings is 1. The Kier molecular flexibility index (Phi) is 4.42. The Bertz CT molecular complexity index is 1010. The van der Waals surface area contributed by atoms with Crippen LogP contribution in [0.3, 0.4) is 0 Å². The molecule has 8 heteroatoms. The van der Waals surface area contributed by atoms with Gasteiger partial charge in [-0.25, -0.2) is 8.42 Å². The van der Waals surface area contributed by atoms with Gasteiger partial charge >= 0.3 is 0 Å². The van der Waals surface area contributed by atoms with Gasteiger partial charge in [0.05, 0.1) is 16.3 Å². The summed E-state index contributed by atoms with van der Waals surface area (Å²) in [4.78, 5) is 1.63. The molecule has 0 atom stereocenters. The number of rotatable bonds is 4. The molecule has 0 spiro atoms. The molecular formula is C16H15ClN2O3S2. The number of hydrogen-bond acceptors (Lipinski definition) is 5. The Hall–Kier alpha value is -1.83. The summed E-state index contributed by atoms with van der Waals surface area (Å²) in [5.41, 5.74) is 2.11. The van der Waals surface area contributed by atoms with Crippen LogP contribution < -0.4 is 4.72 Å². The molecule has 0 fully saturated rings. The van der Waals surface area contributed by atoms with E-state index >= 15 is 0 Å². The van der Waals surface area contributed by atoms with Crippen molar-refractivity contribution in [1.29, 1.82) is 0 Å². The van der Waals surface area contributed by atoms with Gasteiger partial charge in [-0.05, 0) is 45.0 Å². The molecule has 0 radical (unpaired) electrons. The number of hydrogen-bond donors (Lipinski definition) is 1. The highest BCUT2D eigenvalue weighted by molar-refractivity contribution is 7.93. The van der Waals surface area contributed by atoms with Crippen molar-refractivity contribution >= 4 is 38.6 Å². The molecule has 1 N–H and O–H groups in total. The average Bonchev–Trinajstić information content (AvgIpc) is 3.03. The average molecular weight is 383 g/mol. The fourth-order valence-electron chi connectivity index (χ4n) is 2.25. The van der Waals surface area contributed by atoms with Gasteiger partial charge in [0.25, 0.3) is 10.0 Å². The first kappa shape index (κ1) is 17.0. The van der Waals surface area contributed by atoms with Crippen molar-refractivity contribution in [2.45, 2.75) is 25.7 Å². The number of aryl methyl sites for hydroxylation is 2. The third-order valence-electron chi connectivity index (χ3n) is 3.62. The molecule has 0 unspecified atom stereocenters. The van der Waals surface area contributed by atoms with E-state index in [-0.39, 0.29) is 4.90 Å². The van der Waals surface area contributed by atoms with Gasteiger partial charge in [0.2, 0.25) is 0 Å². The molecule has 1 aromatic carbocycles. The minimum absolute atomic E-state index is 0.218. The van der Waals surface area contributed by atoms with Crippen LogP contribution in [-0.4, -0.2) is 13.6 Å². The van der Waals surface area contributed by atoms with E-state index in [1.54, 1.807) is 37.3 Å². The van der Waals surface area contributed by atoms with Crippen molar-refractivity contribution in [3.63, 3.8) is 0 Å². The minimum atomic E-state index is -3.71. The first-order chi connectivity index (χ1) is 11.3. The van der Waals surface area contributed by atoms with Crippen LogP contribution in [0.2, 0.25) is 5.02 Å². The standard InChI is InChI=1S/C16H15ClN2O3S2/c1-9-10(2)18-22-16(9)14-8-15(11(3)23-14)24(20,21)19-13-6-4-5-12(17)7-13/h4-8,19H,1-3H3. The van der Waals surface area contributed by atoms with Crippen LogP contribution in [0.5, 0.6) is 0 Å². The summed E-state index contributed by atoms with van der Waals surface area (Å²) in [5.74, 6) is 0.602. The number of benzene rings is 1. The number of halogens is 1. The summed E-state index contributed by atoms with van der Waals surface area (Å²) < 4.78 is 33.2. The molecule has 2 aromatic heterocycles. The SMILES string of the molecule is Cc1noc(-c2cc(S(=O)(=O)Nc3cccc(Cl)c3)c(C)s2)c1C. The number of anilines is 1. The maximum absolute atomic E-state index is 12.7. The molecule has 0 aliphatic rings. The normalized spacial score (nSPS) is 11.7. The number of nitrogens with zero attached hydrogens (tertiary/aromatic N) is 1. The largest absolute Gasteiger partial charge is 0.355 e. The van der Waals surface area contributed by atoms with Gasteiger partial charge in [-0.1, -0.05) is 22.8 Å². The monoisotopic (exact) mass is 382 g/mol. The molecule has 3 rings (SSSR count). The van der Waals surface area contributed by atoms with Crippen molar-refractivity contribution in [2.24, 2.45) is 0 Å². The Balaban J connectivity index is 1.98. The van der Waals surface area contributed by atoms with Gasteiger partial charge in [0.15, 0.2) is 5.76 Å². The number of sulfonamides is 1. The molecular weight excluding hydrogens is 368 g/mol. The molecule has 0 aliphatic heterocycles. The van der Waals surface area contributed by atoms with Gasteiger partial charge in [0.1, 0.15) is 4.90 Å². The number of nitrogens with one attached hydrogen (secondary N) is 1. The zero-order valence-electron chi connectivity index (χ0n) is 13.3. The second kappa shape index (κ2) is 6.23. The summed E-state index contributed by atoms with van der Waals surface area (Å²) >= 11 is 7.26. The third kappa shape index (κ3) is 3.19. The van der Waals surface area contributed by atoms with Crippen LogP contribution in [0.15, 0.2) is 39.8 Å². The van der Waals surface area contributed by atoms with Crippen LogP contribution >= 0.6 is 22.9 Å². The first-order valence-electron chi connectivity index (χ1n) is 7.10. The van der Waals surface area contributed by atoms with E-state index in [1.807, 2.05) is 13.8 Å². The lowest BCUT2D eigenvalue weighted by atomic mass is 10.2. The van der Waals surface area contributed by atoms with Gasteiger partial charge in [0, 0.05) is 15.5 Å². The van der Waals surface area contributed by atoms with Crippen molar-refractivity contribution in [3.05, 3.63) is 51.5 Å². The Morgan fingerprint density at radius 1 is 1.21 bits per heavy atom. The molecule has 0 bridgehead atoms. The van der Waals surface area contributed by atoms with Gasteiger partial charge in [-0.3, -0.25) is 4.72 Å². The van der Waals surface area contributed by atoms with Gasteiger partial charge in [-0.15, -0.1) is 11.3 Å². The van der Waals surface area contributed by atoms with Gasteiger partial charge in [-0.2, -0.15) is 0 Å². The lowest BCUT2D eigenvalue weighted by Crippen LogP contribution is -2.13. The van der Waals surface area contributed by atoms with Crippen molar-refractivity contribution < 1.29 is 12.9 Å². The van der Waals surface area contributed by atoms with E-state index in [0.29, 0.717) is 21.3 Å². The quantitative estimate of drug-likeness (QED) is 0.704. The van der Waals surface area contributed by atoms with E-state index in [0.717, 1.165) is 16.1 Å². The smallest absolute Gasteiger partial charge is 0.263 e. The molecule has 0 saturated heterocycles. The maximum atomic E-state index is 12.7.